The molecular formula is C23H22N2O3S2. The molecule has 5 nitrogen and oxygen atoms in total. The number of amides is 1. The van der Waals surface area contributed by atoms with Gasteiger partial charge in [0.25, 0.3) is 0 Å². The van der Waals surface area contributed by atoms with Crippen molar-refractivity contribution < 1.29 is 14.3 Å². The summed E-state index contributed by atoms with van der Waals surface area (Å²) in [7, 11) is 0. The Bertz CT molecular complexity index is 1040. The maximum atomic E-state index is 13.0. The lowest BCUT2D eigenvalue weighted by molar-refractivity contribution is -0.129. The van der Waals surface area contributed by atoms with E-state index in [0.717, 1.165) is 52.0 Å². The molecular weight excluding hydrogens is 416 g/mol. The van der Waals surface area contributed by atoms with Crippen LogP contribution in [0.2, 0.25) is 0 Å². The summed E-state index contributed by atoms with van der Waals surface area (Å²) in [5.41, 5.74) is 3.19. The molecule has 1 amide bonds. The van der Waals surface area contributed by atoms with E-state index in [9.17, 15) is 4.79 Å². The third-order valence-electron chi connectivity index (χ3n) is 5.40. The van der Waals surface area contributed by atoms with Gasteiger partial charge in [-0.2, -0.15) is 0 Å². The van der Waals surface area contributed by atoms with Gasteiger partial charge in [-0.1, -0.05) is 48.2 Å². The van der Waals surface area contributed by atoms with Crippen LogP contribution in [0.5, 0.6) is 11.5 Å². The number of nitrogens with zero attached hydrogens (tertiary/aromatic N) is 2. The summed E-state index contributed by atoms with van der Waals surface area (Å²) >= 11 is 3.11. The summed E-state index contributed by atoms with van der Waals surface area (Å²) in [5, 5.41) is 2.05. The Morgan fingerprint density at radius 1 is 1.13 bits per heavy atom. The number of hydrogen-bond acceptors (Lipinski definition) is 6. The summed E-state index contributed by atoms with van der Waals surface area (Å²) in [4.78, 5) is 19.7. The van der Waals surface area contributed by atoms with E-state index in [2.05, 4.69) is 28.6 Å². The summed E-state index contributed by atoms with van der Waals surface area (Å²) in [6.07, 6.45) is 2.00. The first-order valence-electron chi connectivity index (χ1n) is 10.1. The van der Waals surface area contributed by atoms with E-state index in [4.69, 9.17) is 9.47 Å². The molecule has 1 aromatic heterocycles. The smallest absolute Gasteiger partial charge is 0.233 e. The van der Waals surface area contributed by atoms with Crippen LogP contribution < -0.4 is 9.47 Å². The van der Waals surface area contributed by atoms with Crippen LogP contribution in [0.1, 0.15) is 24.4 Å². The minimum atomic E-state index is 0.102. The average molecular weight is 439 g/mol. The van der Waals surface area contributed by atoms with Gasteiger partial charge in [0.05, 0.1) is 17.5 Å². The van der Waals surface area contributed by atoms with Crippen LogP contribution in [0, 0.1) is 0 Å². The second-order valence-electron chi connectivity index (χ2n) is 7.30. The fourth-order valence-corrected chi connectivity index (χ4v) is 5.67. The highest BCUT2D eigenvalue weighted by atomic mass is 32.2. The molecule has 0 spiro atoms. The average Bonchev–Trinajstić information content (AvgIpc) is 3.48. The van der Waals surface area contributed by atoms with Gasteiger partial charge < -0.3 is 14.4 Å². The van der Waals surface area contributed by atoms with Gasteiger partial charge in [-0.15, -0.1) is 11.3 Å². The first-order valence-corrected chi connectivity index (χ1v) is 12.0. The highest BCUT2D eigenvalue weighted by Gasteiger charge is 2.31. The zero-order valence-electron chi connectivity index (χ0n) is 16.5. The molecule has 0 N–H and O–H groups in total. The topological polar surface area (TPSA) is 51.7 Å². The van der Waals surface area contributed by atoms with Crippen LogP contribution in [0.25, 0.3) is 11.3 Å². The SMILES string of the molecule is O=C(CSc1nc(-c2ccccc2)cs1)N1CCCC1c1ccc2c(c1)OCCO2. The van der Waals surface area contributed by atoms with Crippen molar-refractivity contribution in [3.63, 3.8) is 0 Å². The quantitative estimate of drug-likeness (QED) is 0.523. The minimum Gasteiger partial charge on any atom is -0.486 e. The summed E-state index contributed by atoms with van der Waals surface area (Å²) in [6.45, 7) is 1.95. The van der Waals surface area contributed by atoms with Crippen molar-refractivity contribution in [2.45, 2.75) is 23.2 Å². The minimum absolute atomic E-state index is 0.102. The maximum absolute atomic E-state index is 13.0. The Balaban J connectivity index is 1.24. The molecule has 30 heavy (non-hydrogen) atoms. The second kappa shape index (κ2) is 8.70. The second-order valence-corrected chi connectivity index (χ2v) is 9.38. The van der Waals surface area contributed by atoms with E-state index in [1.165, 1.54) is 11.8 Å². The van der Waals surface area contributed by atoms with Gasteiger partial charge >= 0.3 is 0 Å². The number of hydrogen-bond donors (Lipinski definition) is 0. The van der Waals surface area contributed by atoms with Gasteiger partial charge in [0.15, 0.2) is 15.8 Å². The number of fused-ring (bicyclic) bond motifs is 1. The molecule has 3 aromatic rings. The van der Waals surface area contributed by atoms with Crippen molar-refractivity contribution in [2.24, 2.45) is 0 Å². The van der Waals surface area contributed by atoms with E-state index in [1.54, 1.807) is 11.3 Å². The molecule has 3 heterocycles. The summed E-state index contributed by atoms with van der Waals surface area (Å²) in [5.74, 6) is 2.13. The van der Waals surface area contributed by atoms with Gasteiger partial charge in [-0.25, -0.2) is 4.98 Å². The largest absolute Gasteiger partial charge is 0.486 e. The van der Waals surface area contributed by atoms with Crippen LogP contribution in [0.4, 0.5) is 0 Å². The number of benzene rings is 2. The van der Waals surface area contributed by atoms with Crippen LogP contribution >= 0.6 is 23.1 Å². The van der Waals surface area contributed by atoms with E-state index >= 15 is 0 Å². The van der Waals surface area contributed by atoms with E-state index in [-0.39, 0.29) is 11.9 Å². The molecule has 0 bridgehead atoms. The van der Waals surface area contributed by atoms with Gasteiger partial charge in [-0.05, 0) is 30.5 Å². The molecule has 2 aliphatic rings. The number of likely N-dealkylation sites (tertiary alicyclic amines) is 1. The Labute approximate surface area is 184 Å². The van der Waals surface area contributed by atoms with Crippen molar-refractivity contribution >= 4 is 29.0 Å². The van der Waals surface area contributed by atoms with E-state index in [0.29, 0.717) is 19.0 Å². The first kappa shape index (κ1) is 19.5. The molecule has 2 aromatic carbocycles. The van der Waals surface area contributed by atoms with E-state index < -0.39 is 0 Å². The maximum Gasteiger partial charge on any atom is 0.233 e. The third kappa shape index (κ3) is 4.04. The molecule has 2 aliphatic heterocycles. The molecule has 7 heteroatoms. The van der Waals surface area contributed by atoms with E-state index in [1.807, 2.05) is 35.2 Å². The lowest BCUT2D eigenvalue weighted by atomic mass is 10.0. The van der Waals surface area contributed by atoms with Gasteiger partial charge in [-0.3, -0.25) is 4.79 Å². The monoisotopic (exact) mass is 438 g/mol. The molecule has 1 saturated heterocycles. The zero-order valence-corrected chi connectivity index (χ0v) is 18.1. The lowest BCUT2D eigenvalue weighted by Crippen LogP contribution is -2.32. The number of carbonyl (C=O) groups excluding carboxylic acids is 1. The standard InChI is InChI=1S/C23H22N2O3S2/c26-22(15-30-23-24-18(14-29-23)16-5-2-1-3-6-16)25-10-4-7-19(25)17-8-9-20-21(13-17)28-12-11-27-20/h1-3,5-6,8-9,13-14,19H,4,7,10-12,15H2. The number of ether oxygens (including phenoxy) is 2. The third-order valence-corrected chi connectivity index (χ3v) is 7.40. The van der Waals surface area contributed by atoms with Crippen molar-refractivity contribution in [3.8, 4) is 22.8 Å². The summed E-state index contributed by atoms with van der Waals surface area (Å²) < 4.78 is 12.3. The van der Waals surface area contributed by atoms with Crippen molar-refractivity contribution in [2.75, 3.05) is 25.5 Å². The fraction of sp³-hybridized carbons (Fsp3) is 0.304. The first-order chi connectivity index (χ1) is 14.8. The molecule has 1 fully saturated rings. The Hall–Kier alpha value is -2.51. The Morgan fingerprint density at radius 2 is 1.97 bits per heavy atom. The number of rotatable bonds is 5. The van der Waals surface area contributed by atoms with Crippen molar-refractivity contribution in [3.05, 3.63) is 59.5 Å². The molecule has 5 rings (SSSR count). The zero-order chi connectivity index (χ0) is 20.3. The normalized spacial score (nSPS) is 17.9. The highest BCUT2D eigenvalue weighted by Crippen LogP contribution is 2.38. The number of thiazole rings is 1. The molecule has 0 saturated carbocycles. The van der Waals surface area contributed by atoms with Gasteiger partial charge in [0, 0.05) is 17.5 Å². The van der Waals surface area contributed by atoms with Crippen LogP contribution in [-0.2, 0) is 4.79 Å². The van der Waals surface area contributed by atoms with Gasteiger partial charge in [0.1, 0.15) is 13.2 Å². The van der Waals surface area contributed by atoms with Crippen LogP contribution in [0.15, 0.2) is 58.3 Å². The Kier molecular flexibility index (Phi) is 5.64. The molecule has 1 unspecified atom stereocenters. The van der Waals surface area contributed by atoms with Crippen LogP contribution in [0.3, 0.4) is 0 Å². The lowest BCUT2D eigenvalue weighted by Gasteiger charge is -2.26. The molecule has 154 valence electrons. The van der Waals surface area contributed by atoms with Crippen molar-refractivity contribution in [1.29, 1.82) is 0 Å². The van der Waals surface area contributed by atoms with Gasteiger partial charge in [0.2, 0.25) is 5.91 Å². The molecule has 0 aliphatic carbocycles. The predicted octanol–water partition coefficient (Wildman–Crippen LogP) is 5.04. The number of thioether (sulfide) groups is 1. The van der Waals surface area contributed by atoms with Crippen molar-refractivity contribution in [1.82, 2.24) is 9.88 Å². The summed E-state index contributed by atoms with van der Waals surface area (Å²) in [6, 6.07) is 16.3. The molecule has 1 atom stereocenters. The van der Waals surface area contributed by atoms with Crippen LogP contribution in [-0.4, -0.2) is 41.3 Å². The Morgan fingerprint density at radius 3 is 2.83 bits per heavy atom. The fourth-order valence-electron chi connectivity index (χ4n) is 3.95. The number of aromatic nitrogens is 1. The predicted molar refractivity (Wildman–Crippen MR) is 119 cm³/mol. The molecule has 0 radical (unpaired) electrons. The highest BCUT2D eigenvalue weighted by molar-refractivity contribution is 8.01. The number of carbonyl (C=O) groups is 1.